The van der Waals surface area contributed by atoms with Gasteiger partial charge >= 0.3 is 0 Å². The van der Waals surface area contributed by atoms with E-state index < -0.39 is 6.10 Å². The van der Waals surface area contributed by atoms with Gasteiger partial charge in [0.25, 0.3) is 0 Å². The maximum Gasteiger partial charge on any atom is 0.232 e. The van der Waals surface area contributed by atoms with Gasteiger partial charge in [0.1, 0.15) is 0 Å². The number of rotatable bonds is 3. The van der Waals surface area contributed by atoms with Gasteiger partial charge < -0.3 is 14.7 Å². The van der Waals surface area contributed by atoms with Crippen molar-refractivity contribution in [3.63, 3.8) is 0 Å². The molecule has 2 rings (SSSR count). The average molecular weight is 269 g/mol. The van der Waals surface area contributed by atoms with Gasteiger partial charge in [-0.25, -0.2) is 0 Å². The third-order valence-electron chi connectivity index (χ3n) is 3.51. The van der Waals surface area contributed by atoms with Crippen LogP contribution in [0.5, 0.6) is 0 Å². The molecule has 2 heterocycles. The lowest BCUT2D eigenvalue weighted by molar-refractivity contribution is -0.00534. The van der Waals surface area contributed by atoms with Gasteiger partial charge in [0.05, 0.1) is 12.6 Å². The first-order valence-corrected chi connectivity index (χ1v) is 6.74. The molecule has 1 fully saturated rings. The molecule has 6 heteroatoms. The molecule has 6 nitrogen and oxygen atoms in total. The van der Waals surface area contributed by atoms with Crippen molar-refractivity contribution in [1.82, 2.24) is 15.0 Å². The Morgan fingerprint density at radius 1 is 1.42 bits per heavy atom. The van der Waals surface area contributed by atoms with Crippen molar-refractivity contribution in [2.24, 2.45) is 5.92 Å². The predicted octanol–water partition coefficient (Wildman–Crippen LogP) is 0.542. The Morgan fingerprint density at radius 2 is 2.16 bits per heavy atom. The molecule has 2 atom stereocenters. The van der Waals surface area contributed by atoms with Crippen LogP contribution in [0.15, 0.2) is 4.52 Å². The zero-order valence-corrected chi connectivity index (χ0v) is 11.8. The van der Waals surface area contributed by atoms with E-state index in [1.54, 1.807) is 0 Å². The Labute approximate surface area is 113 Å². The molecule has 0 bridgehead atoms. The highest BCUT2D eigenvalue weighted by Crippen LogP contribution is 2.21. The van der Waals surface area contributed by atoms with E-state index in [2.05, 4.69) is 15.0 Å². The predicted molar refractivity (Wildman–Crippen MR) is 69.5 cm³/mol. The quantitative estimate of drug-likeness (QED) is 0.833. The van der Waals surface area contributed by atoms with Gasteiger partial charge in [-0.2, -0.15) is 4.98 Å². The second-order valence-electron chi connectivity index (χ2n) is 6.30. The first kappa shape index (κ1) is 14.4. The Bertz CT molecular complexity index is 414. The molecule has 0 aliphatic carbocycles. The summed E-state index contributed by atoms with van der Waals surface area (Å²) >= 11 is 0. The van der Waals surface area contributed by atoms with E-state index in [4.69, 9.17) is 9.63 Å². The van der Waals surface area contributed by atoms with E-state index in [-0.39, 0.29) is 17.9 Å². The van der Waals surface area contributed by atoms with Crippen molar-refractivity contribution in [3.05, 3.63) is 11.7 Å². The monoisotopic (exact) mass is 269 g/mol. The number of hydrogen-bond acceptors (Lipinski definition) is 6. The first-order valence-electron chi connectivity index (χ1n) is 6.74. The van der Waals surface area contributed by atoms with Crippen LogP contribution < -0.4 is 0 Å². The van der Waals surface area contributed by atoms with Crippen molar-refractivity contribution in [2.45, 2.75) is 45.3 Å². The summed E-state index contributed by atoms with van der Waals surface area (Å²) in [6, 6.07) is 0. The largest absolute Gasteiger partial charge is 0.396 e. The minimum atomic E-state index is -0.479. The summed E-state index contributed by atoms with van der Waals surface area (Å²) in [7, 11) is 0. The van der Waals surface area contributed by atoms with Crippen LogP contribution in [0.3, 0.4) is 0 Å². The van der Waals surface area contributed by atoms with Gasteiger partial charge in [0.2, 0.25) is 5.89 Å². The highest BCUT2D eigenvalue weighted by atomic mass is 16.5. The molecule has 0 saturated carbocycles. The fourth-order valence-corrected chi connectivity index (χ4v) is 2.23. The number of likely N-dealkylation sites (tertiary alicyclic amines) is 1. The van der Waals surface area contributed by atoms with E-state index in [1.807, 2.05) is 20.8 Å². The van der Waals surface area contributed by atoms with Crippen molar-refractivity contribution in [2.75, 3.05) is 19.7 Å². The number of aromatic nitrogens is 2. The summed E-state index contributed by atoms with van der Waals surface area (Å²) in [4.78, 5) is 6.48. The molecule has 1 aromatic heterocycles. The summed E-state index contributed by atoms with van der Waals surface area (Å²) in [6.45, 7) is 8.09. The molecule has 108 valence electrons. The zero-order valence-electron chi connectivity index (χ0n) is 11.8. The molecule has 0 aromatic carbocycles. The minimum Gasteiger partial charge on any atom is -0.396 e. The van der Waals surface area contributed by atoms with Crippen molar-refractivity contribution >= 4 is 0 Å². The SMILES string of the molecule is CC(C)(C)c1nc(CN2CC[C@H](CO)[C@H](O)C2)no1. The molecule has 0 amide bonds. The maximum atomic E-state index is 9.89. The summed E-state index contributed by atoms with van der Waals surface area (Å²) in [6.07, 6.45) is 0.314. The number of aliphatic hydroxyl groups is 2. The number of piperidine rings is 1. The second kappa shape index (κ2) is 5.56. The van der Waals surface area contributed by atoms with E-state index in [0.29, 0.717) is 24.8 Å². The van der Waals surface area contributed by atoms with Crippen LogP contribution in [0.4, 0.5) is 0 Å². The van der Waals surface area contributed by atoms with Crippen LogP contribution in [0.25, 0.3) is 0 Å². The van der Waals surface area contributed by atoms with Crippen LogP contribution in [0.2, 0.25) is 0 Å². The normalized spacial score (nSPS) is 25.7. The van der Waals surface area contributed by atoms with Crippen molar-refractivity contribution in [1.29, 1.82) is 0 Å². The van der Waals surface area contributed by atoms with E-state index in [0.717, 1.165) is 13.0 Å². The molecule has 1 aliphatic rings. The smallest absolute Gasteiger partial charge is 0.232 e. The zero-order chi connectivity index (χ0) is 14.0. The molecular weight excluding hydrogens is 246 g/mol. The lowest BCUT2D eigenvalue weighted by atomic mass is 9.95. The number of aliphatic hydroxyl groups excluding tert-OH is 2. The summed E-state index contributed by atoms with van der Waals surface area (Å²) in [5.74, 6) is 1.28. The van der Waals surface area contributed by atoms with Gasteiger partial charge in [-0.05, 0) is 13.0 Å². The van der Waals surface area contributed by atoms with Crippen molar-refractivity contribution < 1.29 is 14.7 Å². The van der Waals surface area contributed by atoms with E-state index in [9.17, 15) is 5.11 Å². The molecule has 19 heavy (non-hydrogen) atoms. The third kappa shape index (κ3) is 3.52. The summed E-state index contributed by atoms with van der Waals surface area (Å²) in [5.41, 5.74) is -0.144. The van der Waals surface area contributed by atoms with Crippen LogP contribution in [0.1, 0.15) is 38.9 Å². The average Bonchev–Trinajstić information content (AvgIpc) is 2.77. The topological polar surface area (TPSA) is 82.6 Å². The fourth-order valence-electron chi connectivity index (χ4n) is 2.23. The van der Waals surface area contributed by atoms with Crippen LogP contribution in [-0.4, -0.2) is 51.1 Å². The van der Waals surface area contributed by atoms with Gasteiger partial charge in [-0.15, -0.1) is 0 Å². The molecule has 2 N–H and O–H groups in total. The van der Waals surface area contributed by atoms with Gasteiger partial charge in [0, 0.05) is 24.5 Å². The van der Waals surface area contributed by atoms with Crippen LogP contribution in [0, 0.1) is 5.92 Å². The van der Waals surface area contributed by atoms with Crippen LogP contribution in [-0.2, 0) is 12.0 Å². The molecule has 1 aromatic rings. The number of β-amino-alcohol motifs (C(OH)–C–C–N with tert-alkyl or cyclic N) is 1. The molecule has 0 spiro atoms. The van der Waals surface area contributed by atoms with E-state index >= 15 is 0 Å². The number of nitrogens with zero attached hydrogens (tertiary/aromatic N) is 3. The Hall–Kier alpha value is -0.980. The number of hydrogen-bond donors (Lipinski definition) is 2. The first-order chi connectivity index (χ1) is 8.90. The molecule has 0 radical (unpaired) electrons. The highest BCUT2D eigenvalue weighted by molar-refractivity contribution is 4.98. The molecule has 1 aliphatic heterocycles. The standard InChI is InChI=1S/C13H23N3O3/c1-13(2,3)12-14-11(15-19-12)7-16-5-4-9(8-17)10(18)6-16/h9-10,17-18H,4-8H2,1-3H3/t9-,10-/m1/s1. The van der Waals surface area contributed by atoms with Gasteiger partial charge in [-0.1, -0.05) is 25.9 Å². The maximum absolute atomic E-state index is 9.89. The highest BCUT2D eigenvalue weighted by Gasteiger charge is 2.28. The Balaban J connectivity index is 1.93. The van der Waals surface area contributed by atoms with Gasteiger partial charge in [-0.3, -0.25) is 4.90 Å². The minimum absolute atomic E-state index is 0.00773. The second-order valence-corrected chi connectivity index (χ2v) is 6.30. The molecule has 1 saturated heterocycles. The molecule has 0 unspecified atom stereocenters. The Morgan fingerprint density at radius 3 is 2.68 bits per heavy atom. The van der Waals surface area contributed by atoms with Gasteiger partial charge in [0.15, 0.2) is 5.82 Å². The fraction of sp³-hybridized carbons (Fsp3) is 0.846. The lowest BCUT2D eigenvalue weighted by Crippen LogP contribution is -2.44. The Kier molecular flexibility index (Phi) is 4.23. The third-order valence-corrected chi connectivity index (χ3v) is 3.51. The van der Waals surface area contributed by atoms with Crippen molar-refractivity contribution in [3.8, 4) is 0 Å². The van der Waals surface area contributed by atoms with Crippen LogP contribution >= 0.6 is 0 Å². The van der Waals surface area contributed by atoms with E-state index in [1.165, 1.54) is 0 Å². The molecular formula is C13H23N3O3. The lowest BCUT2D eigenvalue weighted by Gasteiger charge is -2.34. The summed E-state index contributed by atoms with van der Waals surface area (Å²) < 4.78 is 5.25. The summed E-state index contributed by atoms with van der Waals surface area (Å²) in [5, 5.41) is 23.0.